The fourth-order valence-corrected chi connectivity index (χ4v) is 2.05. The van der Waals surface area contributed by atoms with Gasteiger partial charge < -0.3 is 10.6 Å². The second-order valence-corrected chi connectivity index (χ2v) is 4.79. The predicted molar refractivity (Wildman–Crippen MR) is 63.8 cm³/mol. The van der Waals surface area contributed by atoms with Gasteiger partial charge in [-0.1, -0.05) is 39.3 Å². The van der Waals surface area contributed by atoms with E-state index in [1.807, 2.05) is 31.2 Å². The maximum absolute atomic E-state index is 5.64. The molecule has 2 rings (SSSR count). The zero-order valence-corrected chi connectivity index (χ0v) is 10.1. The number of rotatable bonds is 2. The van der Waals surface area contributed by atoms with Gasteiger partial charge in [-0.3, -0.25) is 0 Å². The van der Waals surface area contributed by atoms with E-state index in [0.29, 0.717) is 6.54 Å². The molecule has 15 heavy (non-hydrogen) atoms. The van der Waals surface area contributed by atoms with Gasteiger partial charge in [-0.05, 0) is 13.0 Å². The van der Waals surface area contributed by atoms with Crippen molar-refractivity contribution in [2.45, 2.75) is 18.9 Å². The van der Waals surface area contributed by atoms with Crippen LogP contribution in [0, 0.1) is 0 Å². The molecule has 0 radical (unpaired) electrons. The van der Waals surface area contributed by atoms with Crippen molar-refractivity contribution in [3.8, 4) is 0 Å². The van der Waals surface area contributed by atoms with Gasteiger partial charge in [0.1, 0.15) is 0 Å². The molecule has 0 spiro atoms. The van der Waals surface area contributed by atoms with Crippen LogP contribution in [0.2, 0.25) is 0 Å². The third-order valence-corrected chi connectivity index (χ3v) is 3.23. The van der Waals surface area contributed by atoms with E-state index in [-0.39, 0.29) is 5.60 Å². The summed E-state index contributed by atoms with van der Waals surface area (Å²) >= 11 is 3.50. The van der Waals surface area contributed by atoms with Gasteiger partial charge in [0.2, 0.25) is 0 Å². The number of hydrogen-bond acceptors (Lipinski definition) is 3. The molecule has 0 bridgehead atoms. The van der Waals surface area contributed by atoms with Crippen LogP contribution in [-0.2, 0) is 4.84 Å². The summed E-state index contributed by atoms with van der Waals surface area (Å²) in [6.45, 7) is 2.45. The van der Waals surface area contributed by atoms with Gasteiger partial charge in [0.25, 0.3) is 0 Å². The molecule has 80 valence electrons. The van der Waals surface area contributed by atoms with Crippen molar-refractivity contribution in [1.29, 1.82) is 0 Å². The molecule has 1 heterocycles. The largest absolute Gasteiger partial charge is 0.387 e. The van der Waals surface area contributed by atoms with Crippen LogP contribution in [-0.4, -0.2) is 17.9 Å². The molecule has 0 amide bonds. The molecule has 1 aromatic rings. The van der Waals surface area contributed by atoms with E-state index in [2.05, 4.69) is 21.1 Å². The Morgan fingerprint density at radius 2 is 2.27 bits per heavy atom. The highest BCUT2D eigenvalue weighted by atomic mass is 79.9. The number of benzene rings is 1. The highest BCUT2D eigenvalue weighted by Gasteiger charge is 2.33. The second-order valence-electron chi connectivity index (χ2n) is 3.94. The van der Waals surface area contributed by atoms with Crippen molar-refractivity contribution in [3.63, 3.8) is 0 Å². The van der Waals surface area contributed by atoms with Crippen LogP contribution < -0.4 is 5.73 Å². The van der Waals surface area contributed by atoms with Crippen LogP contribution in [0.4, 0.5) is 0 Å². The Labute approximate surface area is 97.4 Å². The SMILES string of the molecule is CC1(CN)CC(c2ccccc2Br)=NO1. The molecule has 4 heteroatoms. The fraction of sp³-hybridized carbons (Fsp3) is 0.364. The average molecular weight is 269 g/mol. The first-order valence-electron chi connectivity index (χ1n) is 4.85. The van der Waals surface area contributed by atoms with E-state index < -0.39 is 0 Å². The van der Waals surface area contributed by atoms with E-state index in [9.17, 15) is 0 Å². The Balaban J connectivity index is 2.25. The monoisotopic (exact) mass is 268 g/mol. The summed E-state index contributed by atoms with van der Waals surface area (Å²) in [5.74, 6) is 0. The minimum atomic E-state index is -0.343. The van der Waals surface area contributed by atoms with Crippen molar-refractivity contribution >= 4 is 21.6 Å². The minimum absolute atomic E-state index is 0.343. The molecule has 1 aliphatic heterocycles. The molecular formula is C11H13BrN2O. The van der Waals surface area contributed by atoms with Gasteiger partial charge in [0, 0.05) is 23.0 Å². The molecule has 0 fully saturated rings. The zero-order chi connectivity index (χ0) is 10.9. The maximum Gasteiger partial charge on any atom is 0.152 e. The van der Waals surface area contributed by atoms with Crippen LogP contribution in [0.1, 0.15) is 18.9 Å². The lowest BCUT2D eigenvalue weighted by atomic mass is 9.96. The lowest BCUT2D eigenvalue weighted by Gasteiger charge is -2.18. The average Bonchev–Trinajstić information content (AvgIpc) is 2.63. The van der Waals surface area contributed by atoms with Crippen LogP contribution in [0.25, 0.3) is 0 Å². The first kappa shape index (κ1) is 10.6. The maximum atomic E-state index is 5.64. The lowest BCUT2D eigenvalue weighted by Crippen LogP contribution is -2.34. The van der Waals surface area contributed by atoms with Crippen molar-refractivity contribution < 1.29 is 4.84 Å². The number of nitrogens with zero attached hydrogens (tertiary/aromatic N) is 1. The van der Waals surface area contributed by atoms with Crippen molar-refractivity contribution in [3.05, 3.63) is 34.3 Å². The Morgan fingerprint density at radius 3 is 2.87 bits per heavy atom. The molecule has 0 saturated carbocycles. The smallest absolute Gasteiger partial charge is 0.152 e. The third kappa shape index (κ3) is 2.06. The molecular weight excluding hydrogens is 256 g/mol. The minimum Gasteiger partial charge on any atom is -0.387 e. The summed E-state index contributed by atoms with van der Waals surface area (Å²) in [6, 6.07) is 7.98. The van der Waals surface area contributed by atoms with Gasteiger partial charge in [-0.2, -0.15) is 0 Å². The van der Waals surface area contributed by atoms with Gasteiger partial charge in [-0.15, -0.1) is 0 Å². The third-order valence-electron chi connectivity index (χ3n) is 2.53. The predicted octanol–water partition coefficient (Wildman–Crippen LogP) is 2.29. The zero-order valence-electron chi connectivity index (χ0n) is 8.53. The molecule has 1 unspecified atom stereocenters. The van der Waals surface area contributed by atoms with Gasteiger partial charge in [-0.25, -0.2) is 0 Å². The van der Waals surface area contributed by atoms with Gasteiger partial charge in [0.15, 0.2) is 5.60 Å². The van der Waals surface area contributed by atoms with Gasteiger partial charge in [0.05, 0.1) is 5.71 Å². The molecule has 0 saturated heterocycles. The molecule has 3 nitrogen and oxygen atoms in total. The number of halogens is 1. The standard InChI is InChI=1S/C11H13BrN2O/c1-11(7-13)6-10(14-15-11)8-4-2-3-5-9(8)12/h2-5H,6-7,13H2,1H3. The number of hydrogen-bond donors (Lipinski definition) is 1. The van der Waals surface area contributed by atoms with Crippen molar-refractivity contribution in [2.24, 2.45) is 10.9 Å². The topological polar surface area (TPSA) is 47.6 Å². The highest BCUT2D eigenvalue weighted by molar-refractivity contribution is 9.10. The van der Waals surface area contributed by atoms with Crippen LogP contribution in [0.3, 0.4) is 0 Å². The summed E-state index contributed by atoms with van der Waals surface area (Å²) in [5, 5.41) is 4.10. The quantitative estimate of drug-likeness (QED) is 0.895. The molecule has 0 aromatic heterocycles. The van der Waals surface area contributed by atoms with Crippen LogP contribution >= 0.6 is 15.9 Å². The Morgan fingerprint density at radius 1 is 1.53 bits per heavy atom. The van der Waals surface area contributed by atoms with Crippen LogP contribution in [0.5, 0.6) is 0 Å². The molecule has 1 atom stereocenters. The fourth-order valence-electron chi connectivity index (χ4n) is 1.53. The summed E-state index contributed by atoms with van der Waals surface area (Å²) in [7, 11) is 0. The second kappa shape index (κ2) is 3.94. The van der Waals surface area contributed by atoms with Crippen LogP contribution in [0.15, 0.2) is 33.9 Å². The lowest BCUT2D eigenvalue weighted by molar-refractivity contribution is 0.00422. The van der Waals surface area contributed by atoms with E-state index in [0.717, 1.165) is 22.2 Å². The summed E-state index contributed by atoms with van der Waals surface area (Å²) < 4.78 is 1.04. The Kier molecular flexibility index (Phi) is 2.80. The van der Waals surface area contributed by atoms with Crippen molar-refractivity contribution in [2.75, 3.05) is 6.54 Å². The van der Waals surface area contributed by atoms with E-state index in [4.69, 9.17) is 10.6 Å². The molecule has 2 N–H and O–H groups in total. The molecule has 0 aliphatic carbocycles. The first-order chi connectivity index (χ1) is 7.14. The summed E-state index contributed by atoms with van der Waals surface area (Å²) in [6.07, 6.45) is 0.756. The summed E-state index contributed by atoms with van der Waals surface area (Å²) in [4.78, 5) is 5.35. The molecule has 1 aromatic carbocycles. The summed E-state index contributed by atoms with van der Waals surface area (Å²) in [5.41, 5.74) is 7.33. The van der Waals surface area contributed by atoms with E-state index in [1.54, 1.807) is 0 Å². The number of nitrogens with two attached hydrogens (primary N) is 1. The van der Waals surface area contributed by atoms with E-state index >= 15 is 0 Å². The molecule has 1 aliphatic rings. The number of oxime groups is 1. The van der Waals surface area contributed by atoms with Crippen molar-refractivity contribution in [1.82, 2.24) is 0 Å². The van der Waals surface area contributed by atoms with Gasteiger partial charge >= 0.3 is 0 Å². The first-order valence-corrected chi connectivity index (χ1v) is 5.64. The normalized spacial score (nSPS) is 24.9. The van der Waals surface area contributed by atoms with E-state index in [1.165, 1.54) is 0 Å². The Hall–Kier alpha value is -0.870. The Bertz CT molecular complexity index is 405. The highest BCUT2D eigenvalue weighted by Crippen LogP contribution is 2.28.